The molecule has 0 saturated carbocycles. The highest BCUT2D eigenvalue weighted by Gasteiger charge is 2.57. The fourth-order valence-electron chi connectivity index (χ4n) is 9.68. The van der Waals surface area contributed by atoms with E-state index in [2.05, 4.69) is 0 Å². The van der Waals surface area contributed by atoms with Crippen LogP contribution in [0.1, 0.15) is 93.1 Å². The maximum atomic E-state index is 14.4. The molecule has 17 nitrogen and oxygen atoms in total. The van der Waals surface area contributed by atoms with Gasteiger partial charge in [0.2, 0.25) is 0 Å². The zero-order valence-electron chi connectivity index (χ0n) is 45.2. The van der Waals surface area contributed by atoms with Gasteiger partial charge >= 0.3 is 24.0 Å². The molecular weight excluding hydrogens is 1040 g/mol. The number of benzene rings is 6. The lowest BCUT2D eigenvalue weighted by molar-refractivity contribution is -0.384. The second-order valence-corrected chi connectivity index (χ2v) is 19.9. The Labute approximate surface area is 471 Å². The maximum Gasteiger partial charge on any atom is 0.410 e. The third-order valence-corrected chi connectivity index (χ3v) is 14.0. The molecule has 0 aromatic heterocycles. The zero-order valence-corrected chi connectivity index (χ0v) is 45.2. The SMILES string of the molecule is CCCCOCC1OC(OCCCCCN(Cc2ccccc2)C(=O)OCc2ccccc2)C(OC(=O)c2ccccc2)C(OC(=O)c2ccccc2)C1OC1OC2COC(c3ccccc3)OC2C(O)C1OC(=O)c1ccccc1. The molecule has 0 aliphatic carbocycles. The number of hydrogen-bond acceptors (Lipinski definition) is 16. The maximum absolute atomic E-state index is 14.4. The van der Waals surface area contributed by atoms with E-state index in [1.807, 2.05) is 97.9 Å². The van der Waals surface area contributed by atoms with Gasteiger partial charge in [-0.15, -0.1) is 0 Å². The van der Waals surface area contributed by atoms with Gasteiger partial charge in [-0.3, -0.25) is 0 Å². The van der Waals surface area contributed by atoms with Crippen molar-refractivity contribution in [1.82, 2.24) is 4.90 Å². The highest BCUT2D eigenvalue weighted by atomic mass is 16.8. The Morgan fingerprint density at radius 2 is 1.10 bits per heavy atom. The Morgan fingerprint density at radius 1 is 0.556 bits per heavy atom. The molecule has 426 valence electrons. The van der Waals surface area contributed by atoms with Gasteiger partial charge in [0.25, 0.3) is 0 Å². The highest BCUT2D eigenvalue weighted by molar-refractivity contribution is 5.91. The minimum atomic E-state index is -1.60. The number of nitrogens with zero attached hydrogens (tertiary/aromatic N) is 1. The van der Waals surface area contributed by atoms with Gasteiger partial charge in [-0.2, -0.15) is 0 Å². The van der Waals surface area contributed by atoms with Crippen molar-refractivity contribution in [2.45, 2.75) is 120 Å². The lowest BCUT2D eigenvalue weighted by atomic mass is 9.95. The molecule has 81 heavy (non-hydrogen) atoms. The quantitative estimate of drug-likeness (QED) is 0.0323. The average molecular weight is 1110 g/mol. The number of fused-ring (bicyclic) bond motifs is 1. The molecule has 3 heterocycles. The van der Waals surface area contributed by atoms with Gasteiger partial charge in [0.1, 0.15) is 37.1 Å². The summed E-state index contributed by atoms with van der Waals surface area (Å²) in [7, 11) is 0. The van der Waals surface area contributed by atoms with E-state index < -0.39 is 91.7 Å². The van der Waals surface area contributed by atoms with E-state index in [4.69, 9.17) is 52.1 Å². The predicted octanol–water partition coefficient (Wildman–Crippen LogP) is 9.82. The average Bonchev–Trinajstić information content (AvgIpc) is 3.53. The van der Waals surface area contributed by atoms with Crippen LogP contribution in [0.15, 0.2) is 182 Å². The van der Waals surface area contributed by atoms with Crippen LogP contribution in [0.2, 0.25) is 0 Å². The van der Waals surface area contributed by atoms with Crippen molar-refractivity contribution in [2.75, 3.05) is 33.0 Å². The minimum absolute atomic E-state index is 0.0612. The Kier molecular flexibility index (Phi) is 21.6. The van der Waals surface area contributed by atoms with Crippen LogP contribution in [0.5, 0.6) is 0 Å². The third kappa shape index (κ3) is 16.2. The number of aliphatic hydroxyl groups excluding tert-OH is 1. The van der Waals surface area contributed by atoms with E-state index in [1.54, 1.807) is 95.9 Å². The first kappa shape index (κ1) is 58.3. The number of rotatable bonds is 25. The molecule has 0 bridgehead atoms. The molecule has 1 amide bonds. The first-order chi connectivity index (χ1) is 39.7. The van der Waals surface area contributed by atoms with E-state index >= 15 is 0 Å². The zero-order chi connectivity index (χ0) is 56.2. The molecule has 3 fully saturated rings. The monoisotopic (exact) mass is 1110 g/mol. The molecule has 9 rings (SSSR count). The lowest BCUT2D eigenvalue weighted by Crippen LogP contribution is -2.67. The van der Waals surface area contributed by atoms with E-state index in [1.165, 1.54) is 0 Å². The Balaban J connectivity index is 0.994. The summed E-state index contributed by atoms with van der Waals surface area (Å²) in [5, 5.41) is 12.4. The predicted molar refractivity (Wildman–Crippen MR) is 294 cm³/mol. The van der Waals surface area contributed by atoms with E-state index in [9.17, 15) is 24.3 Å². The van der Waals surface area contributed by atoms with Gasteiger partial charge < -0.3 is 62.1 Å². The van der Waals surface area contributed by atoms with Crippen LogP contribution in [0, 0.1) is 0 Å². The van der Waals surface area contributed by atoms with Gasteiger partial charge in [0.05, 0.1) is 29.9 Å². The number of esters is 3. The van der Waals surface area contributed by atoms with Crippen LogP contribution < -0.4 is 0 Å². The van der Waals surface area contributed by atoms with Gasteiger partial charge in [0.15, 0.2) is 37.2 Å². The molecule has 6 aromatic rings. The summed E-state index contributed by atoms with van der Waals surface area (Å²) < 4.78 is 70.3. The summed E-state index contributed by atoms with van der Waals surface area (Å²) in [6, 6.07) is 53.2. The molecule has 3 aliphatic heterocycles. The molecule has 6 aromatic carbocycles. The van der Waals surface area contributed by atoms with Crippen molar-refractivity contribution in [3.63, 3.8) is 0 Å². The molecule has 0 radical (unpaired) electrons. The summed E-state index contributed by atoms with van der Waals surface area (Å²) in [5.74, 6) is -2.36. The van der Waals surface area contributed by atoms with Gasteiger partial charge in [0, 0.05) is 31.9 Å². The number of carbonyl (C=O) groups is 4. The molecule has 3 aliphatic rings. The molecule has 1 N–H and O–H groups in total. The lowest BCUT2D eigenvalue weighted by Gasteiger charge is -2.50. The molecular formula is C64H69NO16. The normalized spacial score (nSPS) is 24.2. The summed E-state index contributed by atoms with van der Waals surface area (Å²) >= 11 is 0. The summed E-state index contributed by atoms with van der Waals surface area (Å²) in [6.45, 7) is 3.10. The standard InChI is InChI=1S/C64H69NO16/c1-2-3-38-71-42-50-54(81-63-55(77-58(67)46-29-15-6-16-30-46)52(66)53-51(76-63)43-73-61(80-53)49-35-21-9-22-36-49)56(78-59(68)47-31-17-7-18-32-47)57(79-60(69)48-33-19-8-20-34-48)62(75-50)72-39-24-10-23-37-65(40-44-25-11-4-12-26-44)64(70)74-41-45-27-13-5-14-28-45/h4-9,11-22,25-36,50-57,61-63,66H,2-3,10,23-24,37-43H2,1H3. The smallest absolute Gasteiger partial charge is 0.410 e. The van der Waals surface area contributed by atoms with Crippen LogP contribution in [-0.4, -0.2) is 128 Å². The van der Waals surface area contributed by atoms with Crippen LogP contribution >= 0.6 is 0 Å². The minimum Gasteiger partial charge on any atom is -0.452 e. The number of unbranched alkanes of at least 4 members (excludes halogenated alkanes) is 3. The largest absolute Gasteiger partial charge is 0.452 e. The topological polar surface area (TPSA) is 193 Å². The van der Waals surface area contributed by atoms with Crippen LogP contribution in [0.25, 0.3) is 0 Å². The van der Waals surface area contributed by atoms with Crippen molar-refractivity contribution in [1.29, 1.82) is 0 Å². The van der Waals surface area contributed by atoms with Crippen molar-refractivity contribution >= 4 is 24.0 Å². The van der Waals surface area contributed by atoms with E-state index in [0.717, 1.165) is 17.5 Å². The first-order valence-electron chi connectivity index (χ1n) is 27.7. The highest BCUT2D eigenvalue weighted by Crippen LogP contribution is 2.39. The number of amides is 1. The van der Waals surface area contributed by atoms with Crippen LogP contribution in [-0.2, 0) is 65.3 Å². The first-order valence-corrected chi connectivity index (χ1v) is 27.7. The van der Waals surface area contributed by atoms with Crippen LogP contribution in [0.4, 0.5) is 4.79 Å². The van der Waals surface area contributed by atoms with E-state index in [-0.39, 0.29) is 43.1 Å². The van der Waals surface area contributed by atoms with Gasteiger partial charge in [-0.1, -0.05) is 159 Å². The van der Waals surface area contributed by atoms with Crippen molar-refractivity contribution in [3.05, 3.63) is 215 Å². The number of hydrogen-bond donors (Lipinski definition) is 1. The Morgan fingerprint density at radius 3 is 1.69 bits per heavy atom. The van der Waals surface area contributed by atoms with Gasteiger partial charge in [-0.05, 0) is 73.2 Å². The summed E-state index contributed by atoms with van der Waals surface area (Å²) in [4.78, 5) is 57.9. The number of carbonyl (C=O) groups excluding carboxylic acids is 4. The molecule has 3 saturated heterocycles. The van der Waals surface area contributed by atoms with Crippen LogP contribution in [0.3, 0.4) is 0 Å². The third-order valence-electron chi connectivity index (χ3n) is 14.0. The number of aliphatic hydroxyl groups is 1. The number of ether oxygens (including phenoxy) is 11. The van der Waals surface area contributed by atoms with Gasteiger partial charge in [-0.25, -0.2) is 19.2 Å². The van der Waals surface area contributed by atoms with E-state index in [0.29, 0.717) is 50.9 Å². The molecule has 11 atom stereocenters. The summed E-state index contributed by atoms with van der Waals surface area (Å²) in [5.41, 5.74) is 3.09. The Bertz CT molecular complexity index is 2850. The second-order valence-electron chi connectivity index (χ2n) is 19.9. The van der Waals surface area contributed by atoms with Crippen molar-refractivity contribution < 1.29 is 76.4 Å². The Hall–Kier alpha value is -7.32. The molecule has 17 heteroatoms. The fraction of sp³-hybridized carbons (Fsp3) is 0.375. The fourth-order valence-corrected chi connectivity index (χ4v) is 9.68. The second kappa shape index (κ2) is 29.9. The molecule has 11 unspecified atom stereocenters. The van der Waals surface area contributed by atoms with Crippen molar-refractivity contribution in [3.8, 4) is 0 Å². The molecule has 0 spiro atoms. The summed E-state index contributed by atoms with van der Waals surface area (Å²) in [6.07, 6.45) is -11.8. The van der Waals surface area contributed by atoms with Crippen molar-refractivity contribution in [2.24, 2.45) is 0 Å².